The van der Waals surface area contributed by atoms with Crippen molar-refractivity contribution >= 4 is 5.91 Å². The highest BCUT2D eigenvalue weighted by Crippen LogP contribution is 2.20. The lowest BCUT2D eigenvalue weighted by Crippen LogP contribution is -2.58. The maximum absolute atomic E-state index is 13.6. The van der Waals surface area contributed by atoms with Gasteiger partial charge < -0.3 is 9.64 Å². The van der Waals surface area contributed by atoms with Crippen molar-refractivity contribution in [2.45, 2.75) is 32.5 Å². The summed E-state index contributed by atoms with van der Waals surface area (Å²) in [4.78, 5) is 16.5. The third-order valence-corrected chi connectivity index (χ3v) is 4.98. The Kier molecular flexibility index (Phi) is 6.24. The Morgan fingerprint density at radius 1 is 1.00 bits per heavy atom. The second-order valence-electron chi connectivity index (χ2n) is 7.16. The van der Waals surface area contributed by atoms with Gasteiger partial charge in [-0.25, -0.2) is 13.2 Å². The largest absolute Gasteiger partial charge is 0.481 e. The molecule has 0 unspecified atom stereocenters. The van der Waals surface area contributed by atoms with Crippen LogP contribution in [-0.4, -0.2) is 47.5 Å². The molecule has 0 spiro atoms. The molecule has 4 nitrogen and oxygen atoms in total. The molecule has 0 bridgehead atoms. The molecule has 1 aliphatic heterocycles. The van der Waals surface area contributed by atoms with Crippen LogP contribution in [0.2, 0.25) is 0 Å². The molecule has 0 radical (unpaired) electrons. The summed E-state index contributed by atoms with van der Waals surface area (Å²) in [6.07, 6.45) is 0. The van der Waals surface area contributed by atoms with Crippen LogP contribution >= 0.6 is 0 Å². The number of benzene rings is 2. The second kappa shape index (κ2) is 8.65. The normalized spacial score (nSPS) is 20.2. The van der Waals surface area contributed by atoms with Crippen molar-refractivity contribution in [1.82, 2.24) is 9.80 Å². The molecule has 2 aromatic carbocycles. The predicted octanol–water partition coefficient (Wildman–Crippen LogP) is 3.60. The first kappa shape index (κ1) is 20.2. The van der Waals surface area contributed by atoms with Gasteiger partial charge in [0.25, 0.3) is 5.91 Å². The van der Waals surface area contributed by atoms with E-state index >= 15 is 0 Å². The number of rotatable bonds is 5. The number of nitrogens with zero attached hydrogens (tertiary/aromatic N) is 2. The number of carbonyl (C=O) groups excluding carboxylic acids is 1. The molecule has 1 fully saturated rings. The highest BCUT2D eigenvalue weighted by atomic mass is 19.1. The number of halogens is 3. The monoisotopic (exact) mass is 392 g/mol. The van der Waals surface area contributed by atoms with Gasteiger partial charge >= 0.3 is 0 Å². The van der Waals surface area contributed by atoms with Gasteiger partial charge in [0.15, 0.2) is 18.2 Å². The predicted molar refractivity (Wildman–Crippen MR) is 99.3 cm³/mol. The van der Waals surface area contributed by atoms with Crippen LogP contribution in [0.3, 0.4) is 0 Å². The fourth-order valence-electron chi connectivity index (χ4n) is 3.40. The summed E-state index contributed by atoms with van der Waals surface area (Å²) >= 11 is 0. The van der Waals surface area contributed by atoms with Crippen LogP contribution in [0.25, 0.3) is 0 Å². The van der Waals surface area contributed by atoms with E-state index in [9.17, 15) is 18.0 Å². The summed E-state index contributed by atoms with van der Waals surface area (Å²) in [7, 11) is 0. The standard InChI is InChI=1S/C21H23F3N2O2/c1-14-11-26(21(27)13-28-20-8-7-18(23)9-19(20)24)15(2)10-25(14)12-16-3-5-17(22)6-4-16/h3-9,14-15H,10-13H2,1-2H3/t14-,15+/m0/s1. The Morgan fingerprint density at radius 2 is 1.68 bits per heavy atom. The minimum absolute atomic E-state index is 0.0502. The Hall–Kier alpha value is -2.54. The van der Waals surface area contributed by atoms with Gasteiger partial charge in [-0.15, -0.1) is 0 Å². The number of amides is 1. The average molecular weight is 392 g/mol. The molecular weight excluding hydrogens is 369 g/mol. The van der Waals surface area contributed by atoms with E-state index in [1.165, 1.54) is 18.2 Å². The zero-order valence-electron chi connectivity index (χ0n) is 15.9. The van der Waals surface area contributed by atoms with Crippen molar-refractivity contribution in [3.8, 4) is 5.75 Å². The lowest BCUT2D eigenvalue weighted by atomic mass is 10.1. The lowest BCUT2D eigenvalue weighted by Gasteiger charge is -2.44. The number of hydrogen-bond donors (Lipinski definition) is 0. The van der Waals surface area contributed by atoms with E-state index in [2.05, 4.69) is 4.90 Å². The average Bonchev–Trinajstić information content (AvgIpc) is 2.65. The molecule has 1 amide bonds. The number of piperazine rings is 1. The molecule has 28 heavy (non-hydrogen) atoms. The zero-order chi connectivity index (χ0) is 20.3. The molecular formula is C21H23F3N2O2. The van der Waals surface area contributed by atoms with E-state index in [1.807, 2.05) is 13.8 Å². The van der Waals surface area contributed by atoms with E-state index in [-0.39, 0.29) is 36.2 Å². The molecule has 0 saturated carbocycles. The molecule has 150 valence electrons. The van der Waals surface area contributed by atoms with Gasteiger partial charge in [0, 0.05) is 37.8 Å². The highest BCUT2D eigenvalue weighted by molar-refractivity contribution is 5.78. The van der Waals surface area contributed by atoms with Crippen LogP contribution in [-0.2, 0) is 11.3 Å². The summed E-state index contributed by atoms with van der Waals surface area (Å²) < 4.78 is 44.9. The quantitative estimate of drug-likeness (QED) is 0.780. The van der Waals surface area contributed by atoms with Gasteiger partial charge in [0.05, 0.1) is 0 Å². The summed E-state index contributed by atoms with van der Waals surface area (Å²) in [6, 6.07) is 9.43. The molecule has 2 atom stereocenters. The summed E-state index contributed by atoms with van der Waals surface area (Å²) in [5.41, 5.74) is 1.01. The Balaban J connectivity index is 1.57. The Bertz CT molecular complexity index is 829. The van der Waals surface area contributed by atoms with Crippen molar-refractivity contribution in [2.24, 2.45) is 0 Å². The molecule has 0 aromatic heterocycles. The lowest BCUT2D eigenvalue weighted by molar-refractivity contribution is -0.139. The van der Waals surface area contributed by atoms with Crippen LogP contribution in [0.1, 0.15) is 19.4 Å². The van der Waals surface area contributed by atoms with Crippen molar-refractivity contribution in [2.75, 3.05) is 19.7 Å². The van der Waals surface area contributed by atoms with E-state index < -0.39 is 11.6 Å². The topological polar surface area (TPSA) is 32.8 Å². The van der Waals surface area contributed by atoms with Gasteiger partial charge in [-0.3, -0.25) is 9.69 Å². The minimum atomic E-state index is -0.835. The summed E-state index contributed by atoms with van der Waals surface area (Å²) in [5, 5.41) is 0. The molecule has 0 N–H and O–H groups in total. The molecule has 1 saturated heterocycles. The fraction of sp³-hybridized carbons (Fsp3) is 0.381. The van der Waals surface area contributed by atoms with Gasteiger partial charge in [0.2, 0.25) is 0 Å². The third-order valence-electron chi connectivity index (χ3n) is 4.98. The highest BCUT2D eigenvalue weighted by Gasteiger charge is 2.32. The fourth-order valence-corrected chi connectivity index (χ4v) is 3.40. The Morgan fingerprint density at radius 3 is 2.36 bits per heavy atom. The van der Waals surface area contributed by atoms with E-state index in [0.717, 1.165) is 17.7 Å². The van der Waals surface area contributed by atoms with E-state index in [0.29, 0.717) is 19.6 Å². The maximum Gasteiger partial charge on any atom is 0.260 e. The van der Waals surface area contributed by atoms with Crippen molar-refractivity contribution in [1.29, 1.82) is 0 Å². The Labute approximate surface area is 162 Å². The van der Waals surface area contributed by atoms with E-state index in [4.69, 9.17) is 4.74 Å². The van der Waals surface area contributed by atoms with Crippen LogP contribution in [0.5, 0.6) is 5.75 Å². The zero-order valence-corrected chi connectivity index (χ0v) is 15.9. The van der Waals surface area contributed by atoms with Crippen molar-refractivity contribution in [3.63, 3.8) is 0 Å². The second-order valence-corrected chi connectivity index (χ2v) is 7.16. The number of hydrogen-bond acceptors (Lipinski definition) is 3. The SMILES string of the molecule is C[C@@H]1CN(Cc2ccc(F)cc2)[C@@H](C)CN1C(=O)COc1ccc(F)cc1F. The van der Waals surface area contributed by atoms with Gasteiger partial charge in [-0.2, -0.15) is 0 Å². The minimum Gasteiger partial charge on any atom is -0.481 e. The first-order valence-electron chi connectivity index (χ1n) is 9.19. The van der Waals surface area contributed by atoms with Crippen molar-refractivity contribution in [3.05, 3.63) is 65.5 Å². The smallest absolute Gasteiger partial charge is 0.260 e. The van der Waals surface area contributed by atoms with Gasteiger partial charge in [-0.1, -0.05) is 12.1 Å². The van der Waals surface area contributed by atoms with Crippen LogP contribution < -0.4 is 4.74 Å². The number of carbonyl (C=O) groups is 1. The molecule has 2 aromatic rings. The van der Waals surface area contributed by atoms with Crippen LogP contribution in [0.15, 0.2) is 42.5 Å². The molecule has 1 aliphatic rings. The maximum atomic E-state index is 13.6. The molecule has 1 heterocycles. The van der Waals surface area contributed by atoms with E-state index in [1.54, 1.807) is 17.0 Å². The summed E-state index contributed by atoms with van der Waals surface area (Å²) in [6.45, 7) is 5.50. The molecule has 3 rings (SSSR count). The third kappa shape index (κ3) is 4.84. The van der Waals surface area contributed by atoms with Crippen molar-refractivity contribution < 1.29 is 22.7 Å². The first-order chi connectivity index (χ1) is 13.3. The summed E-state index contributed by atoms with van der Waals surface area (Å²) in [5.74, 6) is -2.19. The number of ether oxygens (including phenoxy) is 1. The van der Waals surface area contributed by atoms with Gasteiger partial charge in [0.1, 0.15) is 11.6 Å². The molecule has 0 aliphatic carbocycles. The van der Waals surface area contributed by atoms with Crippen LogP contribution in [0, 0.1) is 17.5 Å². The van der Waals surface area contributed by atoms with Crippen LogP contribution in [0.4, 0.5) is 13.2 Å². The molecule has 7 heteroatoms. The first-order valence-corrected chi connectivity index (χ1v) is 9.19. The van der Waals surface area contributed by atoms with Gasteiger partial charge in [-0.05, 0) is 43.7 Å².